The van der Waals surface area contributed by atoms with E-state index in [1.165, 1.54) is 21.6 Å². The van der Waals surface area contributed by atoms with E-state index >= 15 is 0 Å². The standard InChI is InChI=1S/C12H22O2S2/c1-5-7-11(3,9-13)15-16-12(4,10-14)8-6-2/h9-10H,5-8H2,1-4H3. The van der Waals surface area contributed by atoms with Crippen molar-refractivity contribution in [2.24, 2.45) is 0 Å². The third-order valence-corrected chi connectivity index (χ3v) is 6.39. The lowest BCUT2D eigenvalue weighted by Gasteiger charge is -2.27. The molecule has 94 valence electrons. The normalized spacial score (nSPS) is 18.5. The molecule has 16 heavy (non-hydrogen) atoms. The molecule has 0 bridgehead atoms. The Balaban J connectivity index is 4.38. The second-order valence-corrected chi connectivity index (χ2v) is 7.73. The summed E-state index contributed by atoms with van der Waals surface area (Å²) >= 11 is 0. The number of aldehydes is 2. The largest absolute Gasteiger partial charge is 0.302 e. The molecule has 0 aromatic heterocycles. The highest BCUT2D eigenvalue weighted by atomic mass is 33.1. The molecule has 0 N–H and O–H groups in total. The summed E-state index contributed by atoms with van der Waals surface area (Å²) < 4.78 is -0.727. The molecule has 0 saturated heterocycles. The van der Waals surface area contributed by atoms with Gasteiger partial charge in [-0.25, -0.2) is 0 Å². The number of rotatable bonds is 9. The predicted molar refractivity (Wildman–Crippen MR) is 73.9 cm³/mol. The van der Waals surface area contributed by atoms with Crippen molar-refractivity contribution in [3.05, 3.63) is 0 Å². The number of carbonyl (C=O) groups is 2. The Labute approximate surface area is 107 Å². The highest BCUT2D eigenvalue weighted by Crippen LogP contribution is 2.45. The zero-order chi connectivity index (χ0) is 12.7. The monoisotopic (exact) mass is 262 g/mol. The first-order valence-corrected chi connectivity index (χ1v) is 7.89. The molecule has 0 aromatic rings. The molecular weight excluding hydrogens is 240 g/mol. The summed E-state index contributed by atoms with van der Waals surface area (Å²) in [7, 11) is 3.07. The average Bonchev–Trinajstić information content (AvgIpc) is 2.27. The number of carbonyl (C=O) groups excluding carboxylic acids is 2. The maximum Gasteiger partial charge on any atom is 0.136 e. The summed E-state index contributed by atoms with van der Waals surface area (Å²) in [6.07, 6.45) is 5.68. The molecule has 2 atom stereocenters. The van der Waals surface area contributed by atoms with E-state index in [-0.39, 0.29) is 9.49 Å². The van der Waals surface area contributed by atoms with Crippen molar-refractivity contribution in [2.75, 3.05) is 0 Å². The van der Waals surface area contributed by atoms with Crippen LogP contribution in [0.15, 0.2) is 0 Å². The Bertz CT molecular complexity index is 209. The fraction of sp³-hybridized carbons (Fsp3) is 0.833. The smallest absolute Gasteiger partial charge is 0.136 e. The molecule has 0 aromatic carbocycles. The first-order chi connectivity index (χ1) is 7.45. The van der Waals surface area contributed by atoms with Gasteiger partial charge in [0.1, 0.15) is 12.6 Å². The van der Waals surface area contributed by atoms with Crippen molar-refractivity contribution in [3.8, 4) is 0 Å². The van der Waals surface area contributed by atoms with E-state index < -0.39 is 0 Å². The summed E-state index contributed by atoms with van der Waals surface area (Å²) in [6.45, 7) is 8.02. The van der Waals surface area contributed by atoms with Gasteiger partial charge in [-0.3, -0.25) is 0 Å². The molecule has 4 heteroatoms. The van der Waals surface area contributed by atoms with E-state index in [0.717, 1.165) is 38.3 Å². The molecule has 0 spiro atoms. The molecule has 0 amide bonds. The number of hydrogen-bond donors (Lipinski definition) is 0. The molecule has 0 heterocycles. The fourth-order valence-corrected chi connectivity index (χ4v) is 4.34. The summed E-state index contributed by atoms with van der Waals surface area (Å²) in [6, 6.07) is 0. The predicted octanol–water partition coefficient (Wildman–Crippen LogP) is 3.88. The summed E-state index contributed by atoms with van der Waals surface area (Å²) in [5.74, 6) is 0. The van der Waals surface area contributed by atoms with E-state index in [4.69, 9.17) is 0 Å². The minimum Gasteiger partial charge on any atom is -0.302 e. The van der Waals surface area contributed by atoms with Gasteiger partial charge in [0.15, 0.2) is 0 Å². The Morgan fingerprint density at radius 1 is 0.875 bits per heavy atom. The number of hydrogen-bond acceptors (Lipinski definition) is 4. The lowest BCUT2D eigenvalue weighted by atomic mass is 10.1. The van der Waals surface area contributed by atoms with E-state index in [0.29, 0.717) is 0 Å². The van der Waals surface area contributed by atoms with Crippen molar-refractivity contribution >= 4 is 34.2 Å². The van der Waals surface area contributed by atoms with Crippen LogP contribution in [0.5, 0.6) is 0 Å². The van der Waals surface area contributed by atoms with Gasteiger partial charge in [-0.15, -0.1) is 0 Å². The van der Waals surface area contributed by atoms with Gasteiger partial charge in [-0.1, -0.05) is 48.3 Å². The van der Waals surface area contributed by atoms with E-state index in [2.05, 4.69) is 13.8 Å². The second kappa shape index (κ2) is 7.38. The first-order valence-electron chi connectivity index (χ1n) is 5.74. The quantitative estimate of drug-likeness (QED) is 0.466. The molecule has 0 radical (unpaired) electrons. The summed E-state index contributed by atoms with van der Waals surface area (Å²) in [4.78, 5) is 22.1. The van der Waals surface area contributed by atoms with Gasteiger partial charge in [-0.05, 0) is 26.7 Å². The van der Waals surface area contributed by atoms with Gasteiger partial charge in [0.25, 0.3) is 0 Å². The van der Waals surface area contributed by atoms with Crippen LogP contribution in [0.1, 0.15) is 53.4 Å². The summed E-state index contributed by atoms with van der Waals surface area (Å²) in [5, 5.41) is 0. The van der Waals surface area contributed by atoms with Crippen LogP contribution in [0.25, 0.3) is 0 Å². The zero-order valence-electron chi connectivity index (χ0n) is 10.6. The molecule has 0 saturated carbocycles. The maximum atomic E-state index is 11.1. The topological polar surface area (TPSA) is 34.1 Å². The van der Waals surface area contributed by atoms with Crippen LogP contribution < -0.4 is 0 Å². The van der Waals surface area contributed by atoms with E-state index in [1.807, 2.05) is 13.8 Å². The molecule has 0 rings (SSSR count). The lowest BCUT2D eigenvalue weighted by molar-refractivity contribution is -0.110. The summed E-state index contributed by atoms with van der Waals surface area (Å²) in [5.41, 5.74) is 0. The van der Waals surface area contributed by atoms with Gasteiger partial charge in [0, 0.05) is 0 Å². The molecule has 0 aliphatic carbocycles. The van der Waals surface area contributed by atoms with Gasteiger partial charge in [-0.2, -0.15) is 0 Å². The molecule has 0 fully saturated rings. The second-order valence-electron chi connectivity index (χ2n) is 4.53. The highest BCUT2D eigenvalue weighted by Gasteiger charge is 2.30. The molecule has 0 aliphatic heterocycles. The van der Waals surface area contributed by atoms with Crippen molar-refractivity contribution < 1.29 is 9.59 Å². The minimum absolute atomic E-state index is 0.364. The molecular formula is C12H22O2S2. The van der Waals surface area contributed by atoms with Crippen LogP contribution >= 0.6 is 21.6 Å². The van der Waals surface area contributed by atoms with Crippen LogP contribution in [0, 0.1) is 0 Å². The Morgan fingerprint density at radius 2 is 1.19 bits per heavy atom. The average molecular weight is 262 g/mol. The van der Waals surface area contributed by atoms with Gasteiger partial charge >= 0.3 is 0 Å². The first kappa shape index (κ1) is 16.0. The van der Waals surface area contributed by atoms with Gasteiger partial charge < -0.3 is 9.59 Å². The Kier molecular flexibility index (Phi) is 7.40. The van der Waals surface area contributed by atoms with E-state index in [9.17, 15) is 9.59 Å². The Morgan fingerprint density at radius 3 is 1.38 bits per heavy atom. The van der Waals surface area contributed by atoms with Crippen LogP contribution in [-0.4, -0.2) is 22.1 Å². The molecule has 0 aliphatic rings. The van der Waals surface area contributed by atoms with Crippen molar-refractivity contribution in [2.45, 2.75) is 62.9 Å². The van der Waals surface area contributed by atoms with Crippen molar-refractivity contribution in [1.29, 1.82) is 0 Å². The van der Waals surface area contributed by atoms with Crippen LogP contribution in [0.3, 0.4) is 0 Å². The van der Waals surface area contributed by atoms with Gasteiger partial charge in [0.2, 0.25) is 0 Å². The van der Waals surface area contributed by atoms with Crippen molar-refractivity contribution in [3.63, 3.8) is 0 Å². The molecule has 2 nitrogen and oxygen atoms in total. The fourth-order valence-electron chi connectivity index (χ4n) is 1.42. The van der Waals surface area contributed by atoms with Crippen LogP contribution in [-0.2, 0) is 9.59 Å². The zero-order valence-corrected chi connectivity index (χ0v) is 12.2. The van der Waals surface area contributed by atoms with Crippen LogP contribution in [0.4, 0.5) is 0 Å². The highest BCUT2D eigenvalue weighted by molar-refractivity contribution is 8.78. The maximum absolute atomic E-state index is 11.1. The third kappa shape index (κ3) is 5.39. The lowest BCUT2D eigenvalue weighted by Crippen LogP contribution is -2.25. The molecule has 2 unspecified atom stereocenters. The Hall–Kier alpha value is 0.0400. The SMILES string of the molecule is CCCC(C)(C=O)SSC(C)(C=O)CCC. The van der Waals surface area contributed by atoms with Crippen molar-refractivity contribution in [1.82, 2.24) is 0 Å². The van der Waals surface area contributed by atoms with E-state index in [1.54, 1.807) is 0 Å². The van der Waals surface area contributed by atoms with Crippen LogP contribution in [0.2, 0.25) is 0 Å². The van der Waals surface area contributed by atoms with Gasteiger partial charge in [0.05, 0.1) is 9.49 Å². The third-order valence-electron chi connectivity index (χ3n) is 2.41. The minimum atomic E-state index is -0.364.